The van der Waals surface area contributed by atoms with Crippen molar-refractivity contribution >= 4 is 10.4 Å². The summed E-state index contributed by atoms with van der Waals surface area (Å²) in [7, 11) is -4.47. The molecule has 31 heavy (non-hydrogen) atoms. The van der Waals surface area contributed by atoms with Gasteiger partial charge in [0.25, 0.3) is 0 Å². The molecule has 0 radical (unpaired) electrons. The molecular weight excluding hydrogens is 408 g/mol. The summed E-state index contributed by atoms with van der Waals surface area (Å²) in [5.74, 6) is 0.127. The summed E-state index contributed by atoms with van der Waals surface area (Å²) in [6.45, 7) is 8.79. The van der Waals surface area contributed by atoms with Crippen molar-refractivity contribution in [1.29, 1.82) is 0 Å². The average Bonchev–Trinajstić information content (AvgIpc) is 2.71. The Labute approximate surface area is 195 Å². The monoisotopic (exact) mass is 462 g/mol. The molecule has 0 rings (SSSR count). The molecule has 0 aliphatic heterocycles. The fraction of sp³-hybridized carbons (Fsp3) is 1.00. The summed E-state index contributed by atoms with van der Waals surface area (Å²) >= 11 is 0. The molecule has 5 heteroatoms. The highest BCUT2D eigenvalue weighted by Crippen LogP contribution is 2.38. The number of unbranched alkanes of at least 4 members (excludes halogenated alkanes) is 14. The lowest BCUT2D eigenvalue weighted by atomic mass is 9.77. The lowest BCUT2D eigenvalue weighted by Crippen LogP contribution is -2.41. The predicted molar refractivity (Wildman–Crippen MR) is 134 cm³/mol. The first kappa shape index (κ1) is 30.9. The molecule has 0 saturated carbocycles. The normalized spacial score (nSPS) is 13.6. The highest BCUT2D eigenvalue weighted by Gasteiger charge is 2.40. The van der Waals surface area contributed by atoms with E-state index >= 15 is 0 Å². The van der Waals surface area contributed by atoms with Crippen LogP contribution >= 0.6 is 0 Å². The molecule has 0 aliphatic rings. The summed E-state index contributed by atoms with van der Waals surface area (Å²) in [6, 6.07) is 0. The zero-order chi connectivity index (χ0) is 23.4. The maximum atomic E-state index is 11.8. The minimum atomic E-state index is -4.47. The van der Waals surface area contributed by atoms with Gasteiger partial charge in [-0.3, -0.25) is 4.55 Å². The molecule has 0 aromatic rings. The van der Waals surface area contributed by atoms with Crippen LogP contribution in [0.15, 0.2) is 0 Å². The Morgan fingerprint density at radius 2 is 1.00 bits per heavy atom. The van der Waals surface area contributed by atoms with Crippen molar-refractivity contribution in [2.24, 2.45) is 5.92 Å². The van der Waals surface area contributed by atoms with Gasteiger partial charge in [-0.15, -0.1) is 0 Å². The molecule has 188 valence electrons. The first-order chi connectivity index (χ1) is 14.8. The van der Waals surface area contributed by atoms with Gasteiger partial charge in [0.2, 0.25) is 0 Å². The average molecular weight is 463 g/mol. The summed E-state index contributed by atoms with van der Waals surface area (Å²) in [5.41, 5.74) is -0.756. The second-order valence-corrected chi connectivity index (χ2v) is 10.7. The largest absolute Gasteiger partial charge is 0.397 e. The van der Waals surface area contributed by atoms with Crippen LogP contribution in [0.3, 0.4) is 0 Å². The third kappa shape index (κ3) is 17.1. The van der Waals surface area contributed by atoms with Crippen molar-refractivity contribution in [2.75, 3.05) is 0 Å². The molecule has 0 saturated heterocycles. The van der Waals surface area contributed by atoms with Crippen LogP contribution in [0.4, 0.5) is 0 Å². The molecule has 0 spiro atoms. The maximum absolute atomic E-state index is 11.8. The molecule has 1 N–H and O–H groups in total. The number of rotatable bonds is 23. The van der Waals surface area contributed by atoms with Crippen LogP contribution in [0.1, 0.15) is 156 Å². The Morgan fingerprint density at radius 3 is 1.39 bits per heavy atom. The Morgan fingerprint density at radius 1 is 0.645 bits per heavy atom. The van der Waals surface area contributed by atoms with Crippen molar-refractivity contribution in [3.05, 3.63) is 0 Å². The minimum absolute atomic E-state index is 0.127. The fourth-order valence-electron chi connectivity index (χ4n) is 4.72. The van der Waals surface area contributed by atoms with E-state index < -0.39 is 16.0 Å². The van der Waals surface area contributed by atoms with Gasteiger partial charge < -0.3 is 0 Å². The molecule has 0 aliphatic carbocycles. The van der Waals surface area contributed by atoms with E-state index in [2.05, 4.69) is 27.7 Å². The van der Waals surface area contributed by atoms with Crippen LogP contribution in [-0.2, 0) is 14.6 Å². The molecule has 0 heterocycles. The summed E-state index contributed by atoms with van der Waals surface area (Å²) in [4.78, 5) is 0. The van der Waals surface area contributed by atoms with Gasteiger partial charge in [0.15, 0.2) is 0 Å². The van der Waals surface area contributed by atoms with Gasteiger partial charge in [0, 0.05) is 0 Å². The predicted octanol–water partition coefficient (Wildman–Crippen LogP) is 9.04. The molecule has 0 aromatic heterocycles. The van der Waals surface area contributed by atoms with Gasteiger partial charge in [-0.2, -0.15) is 8.42 Å². The van der Waals surface area contributed by atoms with Crippen LogP contribution in [0.25, 0.3) is 0 Å². The summed E-state index contributed by atoms with van der Waals surface area (Å²) in [6.07, 6.45) is 22.4. The van der Waals surface area contributed by atoms with Crippen molar-refractivity contribution in [3.8, 4) is 0 Å². The van der Waals surface area contributed by atoms with E-state index in [0.29, 0.717) is 0 Å². The van der Waals surface area contributed by atoms with E-state index in [1.807, 2.05) is 0 Å². The lowest BCUT2D eigenvalue weighted by molar-refractivity contribution is -0.0132. The Balaban J connectivity index is 5.04. The maximum Gasteiger partial charge on any atom is 0.397 e. The number of hydrogen-bond donors (Lipinski definition) is 1. The van der Waals surface area contributed by atoms with Gasteiger partial charge in [0.05, 0.1) is 5.60 Å². The molecule has 0 fully saturated rings. The van der Waals surface area contributed by atoms with Crippen LogP contribution in [-0.4, -0.2) is 18.6 Å². The number of hydrogen-bond acceptors (Lipinski definition) is 3. The second-order valence-electron chi connectivity index (χ2n) is 9.72. The summed E-state index contributed by atoms with van der Waals surface area (Å²) in [5, 5.41) is 0. The Kier molecular flexibility index (Phi) is 19.3. The van der Waals surface area contributed by atoms with Gasteiger partial charge >= 0.3 is 10.4 Å². The van der Waals surface area contributed by atoms with Crippen molar-refractivity contribution < 1.29 is 17.2 Å². The topological polar surface area (TPSA) is 63.6 Å². The second kappa shape index (κ2) is 19.3. The Hall–Kier alpha value is -0.130. The van der Waals surface area contributed by atoms with Crippen LogP contribution in [0, 0.1) is 5.92 Å². The van der Waals surface area contributed by atoms with Crippen LogP contribution < -0.4 is 0 Å². The van der Waals surface area contributed by atoms with E-state index in [0.717, 1.165) is 51.4 Å². The van der Waals surface area contributed by atoms with Crippen LogP contribution in [0.5, 0.6) is 0 Å². The van der Waals surface area contributed by atoms with E-state index in [-0.39, 0.29) is 5.92 Å². The lowest BCUT2D eigenvalue weighted by Gasteiger charge is -2.38. The summed E-state index contributed by atoms with van der Waals surface area (Å²) < 4.78 is 38.9. The highest BCUT2D eigenvalue weighted by atomic mass is 32.3. The fourth-order valence-corrected chi connectivity index (χ4v) is 5.47. The zero-order valence-electron chi connectivity index (χ0n) is 21.3. The van der Waals surface area contributed by atoms with Gasteiger partial charge in [-0.25, -0.2) is 4.18 Å². The third-order valence-corrected chi connectivity index (χ3v) is 7.36. The molecule has 4 nitrogen and oxygen atoms in total. The first-order valence-corrected chi connectivity index (χ1v) is 14.9. The van der Waals surface area contributed by atoms with Gasteiger partial charge in [-0.05, 0) is 25.2 Å². The zero-order valence-corrected chi connectivity index (χ0v) is 22.1. The molecule has 0 bridgehead atoms. The first-order valence-electron chi connectivity index (χ1n) is 13.5. The van der Waals surface area contributed by atoms with E-state index in [1.165, 1.54) is 77.0 Å². The molecule has 1 unspecified atom stereocenters. The SMILES string of the molecule is CCCCCCCCC(CCCCCCCC)(OS(=O)(=O)O)C(C)CCCCCCC. The highest BCUT2D eigenvalue weighted by molar-refractivity contribution is 7.80. The smallest absolute Gasteiger partial charge is 0.264 e. The quantitative estimate of drug-likeness (QED) is 0.121. The molecule has 0 amide bonds. The van der Waals surface area contributed by atoms with Crippen molar-refractivity contribution in [3.63, 3.8) is 0 Å². The Bertz CT molecular complexity index is 474. The standard InChI is InChI=1S/C26H54O4S/c1-5-8-11-14-17-20-23-26(30-31(27,28)29,24-21-18-15-12-9-6-2)25(4)22-19-16-13-10-7-3/h25H,5-24H2,1-4H3,(H,27,28,29). The van der Waals surface area contributed by atoms with E-state index in [9.17, 15) is 13.0 Å². The van der Waals surface area contributed by atoms with Crippen LogP contribution in [0.2, 0.25) is 0 Å². The van der Waals surface area contributed by atoms with E-state index in [1.54, 1.807) is 0 Å². The molecule has 1 atom stereocenters. The van der Waals surface area contributed by atoms with Gasteiger partial charge in [-0.1, -0.05) is 137 Å². The molecular formula is C26H54O4S. The van der Waals surface area contributed by atoms with Crippen molar-refractivity contribution in [2.45, 2.75) is 162 Å². The van der Waals surface area contributed by atoms with E-state index in [4.69, 9.17) is 4.18 Å². The van der Waals surface area contributed by atoms with Crippen molar-refractivity contribution in [1.82, 2.24) is 0 Å². The molecule has 0 aromatic carbocycles. The minimum Gasteiger partial charge on any atom is -0.264 e. The van der Waals surface area contributed by atoms with Gasteiger partial charge in [0.1, 0.15) is 0 Å². The third-order valence-electron chi connectivity index (χ3n) is 6.82.